The van der Waals surface area contributed by atoms with Crippen molar-refractivity contribution in [2.24, 2.45) is 0 Å². The molecule has 2 rings (SSSR count). The zero-order valence-electron chi connectivity index (χ0n) is 12.5. The molecule has 0 heterocycles. The Labute approximate surface area is 119 Å². The third-order valence-electron chi connectivity index (χ3n) is 3.79. The number of rotatable bonds is 6. The number of ether oxygens (including phenoxy) is 3. The molecule has 1 fully saturated rings. The molecule has 1 aliphatic carbocycles. The Kier molecular flexibility index (Phi) is 4.73. The lowest BCUT2D eigenvalue weighted by molar-refractivity contribution is 0.0585. The smallest absolute Gasteiger partial charge is 0.203 e. The lowest BCUT2D eigenvalue weighted by Gasteiger charge is -2.34. The largest absolute Gasteiger partial charge is 0.493 e. The molecule has 1 aromatic carbocycles. The van der Waals surface area contributed by atoms with Crippen molar-refractivity contribution in [3.05, 3.63) is 17.7 Å². The molecular weight excluding hydrogens is 258 g/mol. The van der Waals surface area contributed by atoms with Crippen molar-refractivity contribution in [2.45, 2.75) is 38.0 Å². The van der Waals surface area contributed by atoms with Crippen LogP contribution < -0.4 is 19.5 Å². The number of hydrogen-bond donors (Lipinski definition) is 2. The second-order valence-electron chi connectivity index (χ2n) is 5.17. The molecule has 20 heavy (non-hydrogen) atoms. The van der Waals surface area contributed by atoms with Crippen molar-refractivity contribution < 1.29 is 19.3 Å². The molecule has 1 aromatic rings. The highest BCUT2D eigenvalue weighted by Crippen LogP contribution is 2.40. The number of hydrogen-bond acceptors (Lipinski definition) is 5. The molecule has 112 valence electrons. The van der Waals surface area contributed by atoms with Gasteiger partial charge in [0.25, 0.3) is 0 Å². The van der Waals surface area contributed by atoms with Gasteiger partial charge in [0.05, 0.1) is 27.4 Å². The van der Waals surface area contributed by atoms with Gasteiger partial charge in [-0.2, -0.15) is 0 Å². The van der Waals surface area contributed by atoms with E-state index < -0.39 is 0 Å². The molecule has 0 bridgehead atoms. The summed E-state index contributed by atoms with van der Waals surface area (Å²) in [7, 11) is 4.82. The first-order valence-electron chi connectivity index (χ1n) is 6.83. The van der Waals surface area contributed by atoms with Crippen LogP contribution in [0.15, 0.2) is 12.1 Å². The van der Waals surface area contributed by atoms with E-state index in [-0.39, 0.29) is 12.1 Å². The Morgan fingerprint density at radius 1 is 1.10 bits per heavy atom. The van der Waals surface area contributed by atoms with Gasteiger partial charge in [0.2, 0.25) is 5.75 Å². The fourth-order valence-corrected chi connectivity index (χ4v) is 2.53. The lowest BCUT2D eigenvalue weighted by Crippen LogP contribution is -2.45. The third kappa shape index (κ3) is 2.99. The summed E-state index contributed by atoms with van der Waals surface area (Å²) in [6, 6.07) is 4.43. The van der Waals surface area contributed by atoms with E-state index >= 15 is 0 Å². The maximum Gasteiger partial charge on any atom is 0.203 e. The van der Waals surface area contributed by atoms with Crippen LogP contribution in [-0.2, 0) is 0 Å². The molecule has 0 amide bonds. The maximum atomic E-state index is 9.34. The van der Waals surface area contributed by atoms with Gasteiger partial charge in [-0.05, 0) is 37.5 Å². The Bertz CT molecular complexity index is 432. The van der Waals surface area contributed by atoms with Crippen molar-refractivity contribution in [1.29, 1.82) is 0 Å². The van der Waals surface area contributed by atoms with Crippen LogP contribution in [0, 0.1) is 0 Å². The van der Waals surface area contributed by atoms with E-state index in [1.54, 1.807) is 21.3 Å². The molecule has 1 saturated carbocycles. The summed E-state index contributed by atoms with van der Waals surface area (Å²) >= 11 is 0. The number of methoxy groups -OCH3 is 3. The first kappa shape index (κ1) is 14.9. The quantitative estimate of drug-likeness (QED) is 0.834. The van der Waals surface area contributed by atoms with Crippen LogP contribution in [0.25, 0.3) is 0 Å². The van der Waals surface area contributed by atoms with Crippen molar-refractivity contribution in [3.63, 3.8) is 0 Å². The Hall–Kier alpha value is -1.46. The predicted octanol–water partition coefficient (Wildman–Crippen LogP) is 1.89. The number of nitrogens with one attached hydrogen (secondary N) is 1. The Balaban J connectivity index is 2.18. The number of aliphatic hydroxyl groups is 1. The molecule has 0 spiro atoms. The van der Waals surface area contributed by atoms with Crippen LogP contribution in [0.5, 0.6) is 17.2 Å². The van der Waals surface area contributed by atoms with Crippen LogP contribution in [0.1, 0.15) is 31.4 Å². The van der Waals surface area contributed by atoms with Gasteiger partial charge in [-0.3, -0.25) is 0 Å². The number of aliphatic hydroxyl groups excluding tert-OH is 1. The summed E-state index contributed by atoms with van der Waals surface area (Å²) in [6.07, 6.45) is 1.48. The van der Waals surface area contributed by atoms with Gasteiger partial charge in [0, 0.05) is 12.1 Å². The van der Waals surface area contributed by atoms with Gasteiger partial charge < -0.3 is 24.6 Å². The summed E-state index contributed by atoms with van der Waals surface area (Å²) in [4.78, 5) is 0. The molecule has 0 radical (unpaired) electrons. The second-order valence-corrected chi connectivity index (χ2v) is 5.17. The molecule has 0 saturated heterocycles. The van der Waals surface area contributed by atoms with Crippen molar-refractivity contribution in [2.75, 3.05) is 21.3 Å². The monoisotopic (exact) mass is 281 g/mol. The van der Waals surface area contributed by atoms with Gasteiger partial charge in [-0.15, -0.1) is 0 Å². The van der Waals surface area contributed by atoms with Crippen LogP contribution in [0.4, 0.5) is 0 Å². The van der Waals surface area contributed by atoms with E-state index in [2.05, 4.69) is 12.2 Å². The highest BCUT2D eigenvalue weighted by Gasteiger charge is 2.28. The molecule has 2 N–H and O–H groups in total. The third-order valence-corrected chi connectivity index (χ3v) is 3.79. The zero-order valence-corrected chi connectivity index (χ0v) is 12.5. The van der Waals surface area contributed by atoms with E-state index in [9.17, 15) is 5.11 Å². The van der Waals surface area contributed by atoms with Gasteiger partial charge in [0.15, 0.2) is 11.5 Å². The summed E-state index contributed by atoms with van der Waals surface area (Å²) in [5.41, 5.74) is 1.07. The summed E-state index contributed by atoms with van der Waals surface area (Å²) in [6.45, 7) is 2.09. The van der Waals surface area contributed by atoms with Crippen molar-refractivity contribution in [1.82, 2.24) is 5.32 Å². The first-order chi connectivity index (χ1) is 9.58. The van der Waals surface area contributed by atoms with Crippen molar-refractivity contribution >= 4 is 0 Å². The van der Waals surface area contributed by atoms with Crippen LogP contribution in [-0.4, -0.2) is 38.6 Å². The van der Waals surface area contributed by atoms with Crippen LogP contribution in [0.2, 0.25) is 0 Å². The van der Waals surface area contributed by atoms with E-state index in [1.807, 2.05) is 12.1 Å². The summed E-state index contributed by atoms with van der Waals surface area (Å²) in [5.74, 6) is 1.92. The highest BCUT2D eigenvalue weighted by molar-refractivity contribution is 5.54. The Morgan fingerprint density at radius 3 is 2.05 bits per heavy atom. The Morgan fingerprint density at radius 2 is 1.65 bits per heavy atom. The maximum absolute atomic E-state index is 9.34. The van der Waals surface area contributed by atoms with E-state index in [0.717, 1.165) is 18.4 Å². The average molecular weight is 281 g/mol. The minimum absolute atomic E-state index is 0.153. The molecule has 0 aromatic heterocycles. The fourth-order valence-electron chi connectivity index (χ4n) is 2.53. The van der Waals surface area contributed by atoms with E-state index in [0.29, 0.717) is 23.3 Å². The molecule has 5 nitrogen and oxygen atoms in total. The topological polar surface area (TPSA) is 60.0 Å². The van der Waals surface area contributed by atoms with E-state index in [4.69, 9.17) is 14.2 Å². The summed E-state index contributed by atoms with van der Waals surface area (Å²) < 4.78 is 16.0. The molecule has 0 aliphatic heterocycles. The van der Waals surface area contributed by atoms with Crippen LogP contribution >= 0.6 is 0 Å². The standard InChI is InChI=1S/C15H23NO4/c1-9(16-11-7-12(17)8-11)10-5-13(18-2)15(20-4)14(6-10)19-3/h5-6,9,11-12,16-17H,7-8H2,1-4H3. The van der Waals surface area contributed by atoms with Gasteiger partial charge in [0.1, 0.15) is 0 Å². The van der Waals surface area contributed by atoms with E-state index in [1.165, 1.54) is 0 Å². The molecule has 1 unspecified atom stereocenters. The summed E-state index contributed by atoms with van der Waals surface area (Å²) in [5, 5.41) is 12.8. The minimum Gasteiger partial charge on any atom is -0.493 e. The molecular formula is C15H23NO4. The first-order valence-corrected chi connectivity index (χ1v) is 6.83. The van der Waals surface area contributed by atoms with Crippen LogP contribution in [0.3, 0.4) is 0 Å². The average Bonchev–Trinajstić information content (AvgIpc) is 2.43. The van der Waals surface area contributed by atoms with Gasteiger partial charge >= 0.3 is 0 Å². The fraction of sp³-hybridized carbons (Fsp3) is 0.600. The number of benzene rings is 1. The predicted molar refractivity (Wildman–Crippen MR) is 76.7 cm³/mol. The molecule has 5 heteroatoms. The zero-order chi connectivity index (χ0) is 14.7. The van der Waals surface area contributed by atoms with Crippen molar-refractivity contribution in [3.8, 4) is 17.2 Å². The molecule has 1 aliphatic rings. The van der Waals surface area contributed by atoms with Gasteiger partial charge in [-0.1, -0.05) is 0 Å². The highest BCUT2D eigenvalue weighted by atomic mass is 16.5. The van der Waals surface area contributed by atoms with Gasteiger partial charge in [-0.25, -0.2) is 0 Å². The second kappa shape index (κ2) is 6.33. The normalized spacial score (nSPS) is 22.9. The lowest BCUT2D eigenvalue weighted by atomic mass is 9.88. The molecule has 1 atom stereocenters. The SMILES string of the molecule is COc1cc(C(C)NC2CC(O)C2)cc(OC)c1OC. The minimum atomic E-state index is -0.153.